The molecule has 0 N–H and O–H groups in total. The number of rotatable bonds is 0. The first-order valence-electron chi connectivity index (χ1n) is 6.92. The fourth-order valence-corrected chi connectivity index (χ4v) is 3.28. The van der Waals surface area contributed by atoms with Gasteiger partial charge in [-0.2, -0.15) is 0 Å². The average Bonchev–Trinajstić information content (AvgIpc) is 2.74. The Labute approximate surface area is 113 Å². The minimum atomic E-state index is 1.03. The molecule has 2 aromatic carbocycles. The third-order valence-electron chi connectivity index (χ3n) is 4.25. The van der Waals surface area contributed by atoms with Crippen molar-refractivity contribution in [1.29, 1.82) is 0 Å². The fraction of sp³-hybridized carbons (Fsp3) is 0.158. The molecule has 0 aromatic heterocycles. The minimum absolute atomic E-state index is 1.03. The number of hydrogen-bond acceptors (Lipinski definition) is 0. The molecule has 2 aromatic rings. The maximum absolute atomic E-state index is 2.30. The highest BCUT2D eigenvalue weighted by molar-refractivity contribution is 6.03. The van der Waals surface area contributed by atoms with Crippen molar-refractivity contribution < 1.29 is 0 Å². The van der Waals surface area contributed by atoms with Crippen LogP contribution in [0.15, 0.2) is 48.6 Å². The molecule has 0 saturated heterocycles. The van der Waals surface area contributed by atoms with Crippen molar-refractivity contribution in [1.82, 2.24) is 0 Å². The Balaban J connectivity index is 2.25. The molecule has 0 radical (unpaired) electrons. The zero-order valence-electron chi connectivity index (χ0n) is 11.1. The van der Waals surface area contributed by atoms with Gasteiger partial charge in [-0.1, -0.05) is 54.6 Å². The Kier molecular flexibility index (Phi) is 2.25. The molecule has 2 aliphatic rings. The first-order valence-corrected chi connectivity index (χ1v) is 6.92. The highest BCUT2D eigenvalue weighted by Gasteiger charge is 2.17. The van der Waals surface area contributed by atoms with E-state index in [0.29, 0.717) is 0 Å². The van der Waals surface area contributed by atoms with Crippen LogP contribution in [0.25, 0.3) is 22.4 Å². The van der Waals surface area contributed by atoms with Gasteiger partial charge in [0.15, 0.2) is 0 Å². The van der Waals surface area contributed by atoms with E-state index in [9.17, 15) is 0 Å². The molecule has 0 amide bonds. The number of aryl methyl sites for hydroxylation is 1. The van der Waals surface area contributed by atoms with Gasteiger partial charge in [-0.25, -0.2) is 0 Å². The van der Waals surface area contributed by atoms with Crippen molar-refractivity contribution in [3.05, 3.63) is 70.8 Å². The molecule has 0 unspecified atom stereocenters. The van der Waals surface area contributed by atoms with Crippen molar-refractivity contribution in [3.63, 3.8) is 0 Å². The summed E-state index contributed by atoms with van der Waals surface area (Å²) in [5, 5.41) is 2.81. The van der Waals surface area contributed by atoms with Crippen LogP contribution < -0.4 is 0 Å². The molecule has 0 nitrogen and oxygen atoms in total. The predicted molar refractivity (Wildman–Crippen MR) is 83.2 cm³/mol. The number of allylic oxidation sites excluding steroid dienone is 5. The van der Waals surface area contributed by atoms with E-state index in [-0.39, 0.29) is 0 Å². The van der Waals surface area contributed by atoms with Crippen LogP contribution in [0.4, 0.5) is 0 Å². The third-order valence-corrected chi connectivity index (χ3v) is 4.25. The van der Waals surface area contributed by atoms with Crippen LogP contribution in [-0.2, 0) is 6.42 Å². The molecule has 0 atom stereocenters. The van der Waals surface area contributed by atoms with Crippen molar-refractivity contribution in [2.24, 2.45) is 0 Å². The van der Waals surface area contributed by atoms with Crippen molar-refractivity contribution in [2.75, 3.05) is 0 Å². The summed E-state index contributed by atoms with van der Waals surface area (Å²) in [6, 6.07) is 9.06. The molecular weight excluding hydrogens is 228 g/mol. The molecule has 4 rings (SSSR count). The Morgan fingerprint density at radius 1 is 0.947 bits per heavy atom. The van der Waals surface area contributed by atoms with E-state index in [4.69, 9.17) is 0 Å². The Bertz CT molecular complexity index is 770. The van der Waals surface area contributed by atoms with Gasteiger partial charge in [-0.15, -0.1) is 0 Å². The summed E-state index contributed by atoms with van der Waals surface area (Å²) in [5.74, 6) is 0. The summed E-state index contributed by atoms with van der Waals surface area (Å²) in [6.07, 6.45) is 13.4. The largest absolute Gasteiger partial charge is 0.0801 e. The van der Waals surface area contributed by atoms with Gasteiger partial charge in [0.05, 0.1) is 0 Å². The molecule has 92 valence electrons. The Morgan fingerprint density at radius 2 is 1.84 bits per heavy atom. The van der Waals surface area contributed by atoms with Gasteiger partial charge in [-0.3, -0.25) is 0 Å². The van der Waals surface area contributed by atoms with Crippen LogP contribution in [0.1, 0.15) is 28.7 Å². The monoisotopic (exact) mass is 244 g/mol. The smallest absolute Gasteiger partial charge is 0.00305 e. The second-order valence-corrected chi connectivity index (χ2v) is 5.42. The highest BCUT2D eigenvalue weighted by Crippen LogP contribution is 2.38. The summed E-state index contributed by atoms with van der Waals surface area (Å²) < 4.78 is 0. The van der Waals surface area contributed by atoms with Crippen molar-refractivity contribution in [2.45, 2.75) is 19.8 Å². The van der Waals surface area contributed by atoms with Crippen LogP contribution in [0.2, 0.25) is 0 Å². The lowest BCUT2D eigenvalue weighted by molar-refractivity contribution is 1.26. The molecule has 0 spiro atoms. The van der Waals surface area contributed by atoms with Crippen molar-refractivity contribution in [3.8, 4) is 0 Å². The van der Waals surface area contributed by atoms with Gasteiger partial charge in [0.1, 0.15) is 0 Å². The van der Waals surface area contributed by atoms with Crippen molar-refractivity contribution >= 4 is 22.4 Å². The quantitative estimate of drug-likeness (QED) is 0.607. The van der Waals surface area contributed by atoms with Gasteiger partial charge in [-0.05, 0) is 58.4 Å². The van der Waals surface area contributed by atoms with Crippen LogP contribution in [0.5, 0.6) is 0 Å². The van der Waals surface area contributed by atoms with Gasteiger partial charge in [0.25, 0.3) is 0 Å². The van der Waals surface area contributed by atoms with E-state index in [1.165, 1.54) is 38.6 Å². The van der Waals surface area contributed by atoms with Crippen LogP contribution in [0.3, 0.4) is 0 Å². The van der Waals surface area contributed by atoms with E-state index in [0.717, 1.165) is 12.8 Å². The van der Waals surface area contributed by atoms with Gasteiger partial charge < -0.3 is 0 Å². The zero-order valence-corrected chi connectivity index (χ0v) is 11.1. The summed E-state index contributed by atoms with van der Waals surface area (Å²) >= 11 is 0. The van der Waals surface area contributed by atoms with E-state index in [1.807, 2.05) is 0 Å². The van der Waals surface area contributed by atoms with Gasteiger partial charge in [0.2, 0.25) is 0 Å². The first kappa shape index (κ1) is 10.8. The molecular formula is C19H16. The molecule has 0 heterocycles. The van der Waals surface area contributed by atoms with Gasteiger partial charge in [0, 0.05) is 0 Å². The van der Waals surface area contributed by atoms with Crippen LogP contribution >= 0.6 is 0 Å². The standard InChI is InChI=1S/C19H16/c1-13-9-10-16-12-11-15-6-3-2-5-14-7-4-8-17(13)19(16)18(14)15/h2-5,8-12H,6-7H2,1H3. The van der Waals surface area contributed by atoms with Gasteiger partial charge >= 0.3 is 0 Å². The fourth-order valence-electron chi connectivity index (χ4n) is 3.28. The molecule has 2 aliphatic carbocycles. The second-order valence-electron chi connectivity index (χ2n) is 5.42. The number of benzene rings is 2. The summed E-state index contributed by atoms with van der Waals surface area (Å²) in [5.41, 5.74) is 7.17. The van der Waals surface area contributed by atoms with Crippen LogP contribution in [0, 0.1) is 6.92 Å². The molecule has 0 saturated carbocycles. The highest BCUT2D eigenvalue weighted by atomic mass is 14.2. The van der Waals surface area contributed by atoms with E-state index in [1.54, 1.807) is 0 Å². The average molecular weight is 244 g/mol. The van der Waals surface area contributed by atoms with E-state index in [2.05, 4.69) is 61.6 Å². The number of hydrogen-bond donors (Lipinski definition) is 0. The summed E-state index contributed by atoms with van der Waals surface area (Å²) in [4.78, 5) is 0. The Hall–Kier alpha value is -2.08. The lowest BCUT2D eigenvalue weighted by Gasteiger charge is -2.15. The molecule has 0 fully saturated rings. The summed E-state index contributed by atoms with van der Waals surface area (Å²) in [7, 11) is 0. The molecule has 0 aliphatic heterocycles. The molecule has 0 heteroatoms. The maximum Gasteiger partial charge on any atom is -0.00305 e. The summed E-state index contributed by atoms with van der Waals surface area (Å²) in [6.45, 7) is 2.21. The second kappa shape index (κ2) is 3.96. The lowest BCUT2D eigenvalue weighted by Crippen LogP contribution is -1.95. The lowest BCUT2D eigenvalue weighted by atomic mass is 9.89. The minimum Gasteiger partial charge on any atom is -0.0801 e. The maximum atomic E-state index is 2.30. The SMILES string of the molecule is Cc1ccc2ccc3c4c2c1C=CCC4=CC=CC3. The molecule has 0 bridgehead atoms. The topological polar surface area (TPSA) is 0 Å². The first-order chi connectivity index (χ1) is 9.34. The van der Waals surface area contributed by atoms with E-state index >= 15 is 0 Å². The zero-order chi connectivity index (χ0) is 12.8. The Morgan fingerprint density at radius 3 is 2.79 bits per heavy atom. The third kappa shape index (κ3) is 1.53. The molecule has 19 heavy (non-hydrogen) atoms. The van der Waals surface area contributed by atoms with Crippen LogP contribution in [-0.4, -0.2) is 0 Å². The normalized spacial score (nSPS) is 16.2. The van der Waals surface area contributed by atoms with E-state index < -0.39 is 0 Å². The predicted octanol–water partition coefficient (Wildman–Crippen LogP) is 5.06.